The average molecular weight is 1730 g/mol. The molecule has 0 radical (unpaired) electrons. The van der Waals surface area contributed by atoms with E-state index in [1.165, 1.54) is 152 Å². The molecule has 0 fully saturated rings. The van der Waals surface area contributed by atoms with Crippen molar-refractivity contribution in [1.82, 2.24) is 15.0 Å². The molecule has 0 atom stereocenters. The van der Waals surface area contributed by atoms with Gasteiger partial charge in [0.05, 0.1) is 6.57 Å². The maximum Gasteiger partial charge on any atom is 0.187 e. The lowest BCUT2D eigenvalue weighted by molar-refractivity contribution is 1.18. The molecule has 23 aromatic carbocycles. The van der Waals surface area contributed by atoms with E-state index in [9.17, 15) is 0 Å². The van der Waals surface area contributed by atoms with Crippen molar-refractivity contribution in [2.45, 2.75) is 0 Å². The smallest absolute Gasteiger partial charge is 0.187 e. The monoisotopic (exact) mass is 1730 g/mol. The summed E-state index contributed by atoms with van der Waals surface area (Å²) in [4.78, 5) is 24.5. The molecular weight excluding hydrogens is 1660 g/mol. The summed E-state index contributed by atoms with van der Waals surface area (Å²) in [6, 6.07) is 158. The van der Waals surface area contributed by atoms with Crippen LogP contribution in [-0.2, 0) is 0 Å². The highest BCUT2D eigenvalue weighted by Crippen LogP contribution is 2.49. The van der Waals surface area contributed by atoms with E-state index in [0.29, 0.717) is 5.69 Å². The van der Waals surface area contributed by atoms with Crippen molar-refractivity contribution < 1.29 is 0 Å². The molecule has 9 heteroatoms. The number of pyridine rings is 3. The molecule has 26 rings (SSSR count). The molecule has 3 heterocycles. The molecule has 0 saturated heterocycles. The molecule has 8 nitrogen and oxygen atoms in total. The molecule has 0 saturated carbocycles. The Morgan fingerprint density at radius 1 is 0.214 bits per heavy atom. The van der Waals surface area contributed by atoms with Crippen molar-refractivity contribution in [2.75, 3.05) is 20.0 Å². The van der Waals surface area contributed by atoms with Gasteiger partial charge in [-0.1, -0.05) is 313 Å². The van der Waals surface area contributed by atoms with Crippen molar-refractivity contribution in [3.05, 3.63) is 477 Å². The maximum absolute atomic E-state index is 7.61. The average Bonchev–Trinajstić information content (AvgIpc) is 0.729. The normalized spacial score (nSPS) is 11.5. The van der Waals surface area contributed by atoms with E-state index >= 15 is 0 Å². The molecule has 0 unspecified atom stereocenters. The maximum atomic E-state index is 7.61. The second-order valence-electron chi connectivity index (χ2n) is 33.5. The van der Waals surface area contributed by atoms with E-state index in [1.54, 1.807) is 6.20 Å². The van der Waals surface area contributed by atoms with Gasteiger partial charge in [0.25, 0.3) is 0 Å². The van der Waals surface area contributed by atoms with E-state index in [2.05, 4.69) is 422 Å². The zero-order chi connectivity index (χ0) is 87.0. The molecule has 131 heavy (non-hydrogen) atoms. The zero-order valence-corrected chi connectivity index (χ0v) is 72.5. The lowest BCUT2D eigenvalue weighted by Gasteiger charge is -2.27. The van der Waals surface area contributed by atoms with Gasteiger partial charge in [0.1, 0.15) is 17.5 Å². The van der Waals surface area contributed by atoms with Crippen LogP contribution in [0.3, 0.4) is 0 Å². The SMILES string of the molecule is Brc1ccc(-c2ccccc2-c2ccc(N(c3cc4ccc5cccc6ccc(c3)c4c56)c3ccccn3)cc2)cc1.[C-]#[N+]c1ccc(N(c2ccc(-c3ccccc3-c3ccc(N(c4cc5ccc6cccc7ccc(c4)c5c67)c4ccccn4)cc3)cc2)c2cc3ccc4cccc5ccc(c2)c3c45)cc1.c1ccc(Nc2cc3ccc4cccc5ccc(c2)c3c45)nc1. The van der Waals surface area contributed by atoms with Crippen LogP contribution in [-0.4, -0.2) is 15.0 Å². The molecule has 0 aliphatic heterocycles. The first-order chi connectivity index (χ1) is 64.8. The highest BCUT2D eigenvalue weighted by molar-refractivity contribution is 9.10. The summed E-state index contributed by atoms with van der Waals surface area (Å²) in [6.07, 6.45) is 5.52. The lowest BCUT2D eigenvalue weighted by atomic mass is 9.93. The standard InChI is InChI=1S/C62H38N4.C39H25BrN2.C21H14N2/c1-63-50-27-33-52(34-28-50)65(54-36-46-19-15-42-8-6-9-43-16-20-47(37-54)61(46)59(42)43)51-29-23-40(24-30-51)56-12-2-3-13-57(56)41-25-31-53(32-26-41)66(58-14-4-5-35-64-58)55-38-48-21-17-44-10-7-11-45-18-22-49(39-55)62(48)60(44)45;40-32-19-15-26(16-20-32)35-8-1-2-9-36(35)27-17-21-33(22-18-27)42(37-10-3-4-23-41-37)34-24-30-13-11-28-6-5-7-29-12-14-31(25-34)39(30)38(28)29;1-2-11-22-19(6-1)23-18-12-16-9-7-14-4-3-5-15-8-10-17(13-18)21(16)20(14)15/h2-39H;1-25H;1-13H,(H,22,23). The summed E-state index contributed by atoms with van der Waals surface area (Å²) in [5, 5.41) is 33.9. The van der Waals surface area contributed by atoms with Crippen LogP contribution in [0.15, 0.2) is 466 Å². The van der Waals surface area contributed by atoms with Crippen molar-refractivity contribution >= 4 is 214 Å². The Hall–Kier alpha value is -17.2. The Balaban J connectivity index is 0.000000123. The second kappa shape index (κ2) is 32.7. The number of hydrogen-bond donors (Lipinski definition) is 1. The number of rotatable bonds is 15. The number of hydrogen-bond acceptors (Lipinski definition) is 7. The van der Waals surface area contributed by atoms with E-state index in [4.69, 9.17) is 16.5 Å². The van der Waals surface area contributed by atoms with Crippen LogP contribution in [0.1, 0.15) is 0 Å². The number of nitrogens with zero attached hydrogens (tertiary/aromatic N) is 7. The summed E-state index contributed by atoms with van der Waals surface area (Å²) in [6.45, 7) is 7.61. The van der Waals surface area contributed by atoms with Gasteiger partial charge < -0.3 is 10.2 Å². The first-order valence-corrected chi connectivity index (χ1v) is 44.9. The van der Waals surface area contributed by atoms with Crippen molar-refractivity contribution in [1.29, 1.82) is 0 Å². The van der Waals surface area contributed by atoms with E-state index in [-0.39, 0.29) is 0 Å². The topological polar surface area (TPSA) is 64.8 Å². The third-order valence-electron chi connectivity index (χ3n) is 25.8. The van der Waals surface area contributed by atoms with Crippen LogP contribution < -0.4 is 20.0 Å². The summed E-state index contributed by atoms with van der Waals surface area (Å²) in [5.74, 6) is 2.60. The molecule has 0 aliphatic rings. The molecule has 0 aliphatic carbocycles. The molecule has 0 amide bonds. The third-order valence-corrected chi connectivity index (χ3v) is 26.4. The Labute approximate surface area is 765 Å². The minimum Gasteiger partial charge on any atom is -0.340 e. The molecule has 0 bridgehead atoms. The number of halogens is 1. The van der Waals surface area contributed by atoms with Gasteiger partial charge in [-0.3, -0.25) is 9.80 Å². The Morgan fingerprint density at radius 3 is 0.756 bits per heavy atom. The fraction of sp³-hybridized carbons (Fsp3) is 0. The summed E-state index contributed by atoms with van der Waals surface area (Å²) in [7, 11) is 0. The van der Waals surface area contributed by atoms with Crippen molar-refractivity contribution in [3.63, 3.8) is 0 Å². The molecular formula is C122H77BrN8. The predicted octanol–water partition coefficient (Wildman–Crippen LogP) is 35.0. The van der Waals surface area contributed by atoms with Crippen LogP contribution >= 0.6 is 15.9 Å². The Bertz CT molecular complexity index is 8560. The van der Waals surface area contributed by atoms with Crippen LogP contribution in [0.25, 0.3) is 179 Å². The highest BCUT2D eigenvalue weighted by atomic mass is 79.9. The van der Waals surface area contributed by atoms with Gasteiger partial charge in [0, 0.05) is 68.6 Å². The van der Waals surface area contributed by atoms with Crippen molar-refractivity contribution in [3.8, 4) is 44.5 Å². The van der Waals surface area contributed by atoms with Gasteiger partial charge in [-0.05, 0) is 319 Å². The Kier molecular flexibility index (Phi) is 19.3. The predicted molar refractivity (Wildman–Crippen MR) is 557 cm³/mol. The largest absolute Gasteiger partial charge is 0.340 e. The molecule has 26 aromatic rings. The van der Waals surface area contributed by atoms with Crippen LogP contribution in [0.4, 0.5) is 68.6 Å². The number of aromatic nitrogens is 3. The quantitative estimate of drug-likeness (QED) is 0.0810. The van der Waals surface area contributed by atoms with Crippen LogP contribution in [0.2, 0.25) is 0 Å². The van der Waals surface area contributed by atoms with Gasteiger partial charge >= 0.3 is 0 Å². The van der Waals surface area contributed by atoms with E-state index < -0.39 is 0 Å². The van der Waals surface area contributed by atoms with Gasteiger partial charge in [-0.25, -0.2) is 19.8 Å². The number of nitrogens with one attached hydrogen (secondary N) is 1. The number of benzene rings is 23. The minimum atomic E-state index is 0.617. The molecule has 612 valence electrons. The van der Waals surface area contributed by atoms with E-state index in [1.807, 2.05) is 79.1 Å². The minimum absolute atomic E-state index is 0.617. The van der Waals surface area contributed by atoms with Gasteiger partial charge in [-0.2, -0.15) is 0 Å². The summed E-state index contributed by atoms with van der Waals surface area (Å²) < 4.78 is 1.08. The van der Waals surface area contributed by atoms with Gasteiger partial charge in [0.15, 0.2) is 5.69 Å². The van der Waals surface area contributed by atoms with Crippen molar-refractivity contribution in [2.24, 2.45) is 0 Å². The molecule has 1 N–H and O–H groups in total. The Morgan fingerprint density at radius 2 is 0.466 bits per heavy atom. The zero-order valence-electron chi connectivity index (χ0n) is 70.9. The van der Waals surface area contributed by atoms with Crippen LogP contribution in [0.5, 0.6) is 0 Å². The van der Waals surface area contributed by atoms with Gasteiger partial charge in [-0.15, -0.1) is 0 Å². The fourth-order valence-corrected chi connectivity index (χ4v) is 20.2. The lowest BCUT2D eigenvalue weighted by Crippen LogP contribution is -2.11. The first-order valence-electron chi connectivity index (χ1n) is 44.1. The molecule has 3 aromatic heterocycles. The number of anilines is 11. The second-order valence-corrected chi connectivity index (χ2v) is 34.4. The molecule has 0 spiro atoms. The third kappa shape index (κ3) is 14.2. The highest BCUT2D eigenvalue weighted by Gasteiger charge is 2.24. The van der Waals surface area contributed by atoms with Crippen LogP contribution in [0, 0.1) is 6.57 Å². The fourth-order valence-electron chi connectivity index (χ4n) is 19.9. The summed E-state index contributed by atoms with van der Waals surface area (Å²) in [5.41, 5.74) is 18.4. The summed E-state index contributed by atoms with van der Waals surface area (Å²) >= 11 is 3.56. The first kappa shape index (κ1) is 77.4. The van der Waals surface area contributed by atoms with E-state index in [0.717, 1.165) is 89.7 Å². The van der Waals surface area contributed by atoms with Gasteiger partial charge in [0.2, 0.25) is 0 Å².